The summed E-state index contributed by atoms with van der Waals surface area (Å²) >= 11 is 0. The van der Waals surface area contributed by atoms with E-state index < -0.39 is 0 Å². The molecule has 2 fully saturated rings. The maximum absolute atomic E-state index is 11.1. The monoisotopic (exact) mass is 254 g/mol. The van der Waals surface area contributed by atoms with Gasteiger partial charge in [-0.25, -0.2) is 4.79 Å². The molecule has 3 N–H and O–H groups in total. The second kappa shape index (κ2) is 5.89. The van der Waals surface area contributed by atoms with Crippen LogP contribution in [0.3, 0.4) is 0 Å². The normalized spacial score (nSPS) is 31.6. The minimum absolute atomic E-state index is 0.277. The van der Waals surface area contributed by atoms with Crippen LogP contribution >= 0.6 is 0 Å². The number of carbonyl (C=O) groups excluding carboxylic acids is 1. The van der Waals surface area contributed by atoms with Crippen LogP contribution in [0.15, 0.2) is 0 Å². The van der Waals surface area contributed by atoms with Gasteiger partial charge in [0.2, 0.25) is 0 Å². The first-order chi connectivity index (χ1) is 8.56. The molecule has 0 radical (unpaired) electrons. The molecule has 0 saturated carbocycles. The quantitative estimate of drug-likeness (QED) is 0.758. The molecule has 2 aliphatic heterocycles. The summed E-state index contributed by atoms with van der Waals surface area (Å²) in [5.74, 6) is 0. The van der Waals surface area contributed by atoms with Gasteiger partial charge in [-0.2, -0.15) is 0 Å². The lowest BCUT2D eigenvalue weighted by atomic mass is 9.96. The molecule has 104 valence electrons. The molecule has 2 heterocycles. The fourth-order valence-electron chi connectivity index (χ4n) is 3.04. The summed E-state index contributed by atoms with van der Waals surface area (Å²) in [7, 11) is 2.20. The van der Waals surface area contributed by atoms with Crippen LogP contribution in [0.1, 0.15) is 32.6 Å². The SMILES string of the molecule is CC1CC(NC2CCN(C(N)=O)CC2)CCN1C. The predicted octanol–water partition coefficient (Wildman–Crippen LogP) is 0.602. The van der Waals surface area contributed by atoms with Crippen LogP contribution in [-0.2, 0) is 0 Å². The van der Waals surface area contributed by atoms with Crippen molar-refractivity contribution in [3.8, 4) is 0 Å². The van der Waals surface area contributed by atoms with Gasteiger partial charge in [0.15, 0.2) is 0 Å². The van der Waals surface area contributed by atoms with Crippen LogP contribution < -0.4 is 11.1 Å². The molecule has 0 aromatic heterocycles. The Labute approximate surface area is 110 Å². The van der Waals surface area contributed by atoms with E-state index in [4.69, 9.17) is 5.73 Å². The molecule has 0 spiro atoms. The minimum Gasteiger partial charge on any atom is -0.351 e. The van der Waals surface area contributed by atoms with Gasteiger partial charge in [0.25, 0.3) is 0 Å². The van der Waals surface area contributed by atoms with E-state index in [0.717, 1.165) is 25.9 Å². The summed E-state index contributed by atoms with van der Waals surface area (Å²) in [5.41, 5.74) is 5.29. The molecule has 2 amide bonds. The van der Waals surface area contributed by atoms with Crippen LogP contribution in [0.4, 0.5) is 4.79 Å². The van der Waals surface area contributed by atoms with E-state index in [1.807, 2.05) is 0 Å². The zero-order chi connectivity index (χ0) is 13.1. The van der Waals surface area contributed by atoms with Crippen molar-refractivity contribution in [2.24, 2.45) is 5.73 Å². The van der Waals surface area contributed by atoms with E-state index in [9.17, 15) is 4.79 Å². The van der Waals surface area contributed by atoms with Crippen molar-refractivity contribution < 1.29 is 4.79 Å². The Morgan fingerprint density at radius 2 is 1.78 bits per heavy atom. The van der Waals surface area contributed by atoms with Crippen LogP contribution in [0.2, 0.25) is 0 Å². The summed E-state index contributed by atoms with van der Waals surface area (Å²) in [4.78, 5) is 15.2. The average molecular weight is 254 g/mol. The highest BCUT2D eigenvalue weighted by atomic mass is 16.2. The zero-order valence-corrected chi connectivity index (χ0v) is 11.6. The van der Waals surface area contributed by atoms with Crippen molar-refractivity contribution >= 4 is 6.03 Å². The molecule has 5 nitrogen and oxygen atoms in total. The number of piperidine rings is 2. The number of likely N-dealkylation sites (tertiary alicyclic amines) is 2. The Hall–Kier alpha value is -0.810. The Morgan fingerprint density at radius 1 is 1.17 bits per heavy atom. The predicted molar refractivity (Wildman–Crippen MR) is 72.4 cm³/mol. The molecule has 2 rings (SSSR count). The fourth-order valence-corrected chi connectivity index (χ4v) is 3.04. The van der Waals surface area contributed by atoms with E-state index in [1.54, 1.807) is 4.90 Å². The summed E-state index contributed by atoms with van der Waals surface area (Å²) in [6.07, 6.45) is 4.52. The summed E-state index contributed by atoms with van der Waals surface area (Å²) in [5, 5.41) is 3.76. The zero-order valence-electron chi connectivity index (χ0n) is 11.6. The molecule has 2 unspecified atom stereocenters. The van der Waals surface area contributed by atoms with Gasteiger partial charge in [0.05, 0.1) is 0 Å². The topological polar surface area (TPSA) is 61.6 Å². The molecule has 5 heteroatoms. The number of amides is 2. The number of hydrogen-bond acceptors (Lipinski definition) is 3. The Morgan fingerprint density at radius 3 is 2.33 bits per heavy atom. The third-order valence-electron chi connectivity index (χ3n) is 4.49. The molecular formula is C13H26N4O. The molecule has 2 atom stereocenters. The summed E-state index contributed by atoms with van der Waals surface area (Å²) in [6, 6.07) is 1.59. The number of urea groups is 1. The molecule has 0 aliphatic carbocycles. The lowest BCUT2D eigenvalue weighted by molar-refractivity contribution is 0.146. The second-order valence-corrected chi connectivity index (χ2v) is 5.82. The van der Waals surface area contributed by atoms with E-state index in [-0.39, 0.29) is 6.03 Å². The van der Waals surface area contributed by atoms with Crippen molar-refractivity contribution in [2.45, 2.75) is 50.7 Å². The second-order valence-electron chi connectivity index (χ2n) is 5.82. The van der Waals surface area contributed by atoms with Gasteiger partial charge in [-0.15, -0.1) is 0 Å². The van der Waals surface area contributed by atoms with Crippen LogP contribution in [-0.4, -0.2) is 60.6 Å². The minimum atomic E-state index is -0.277. The van der Waals surface area contributed by atoms with Gasteiger partial charge in [0, 0.05) is 31.2 Å². The summed E-state index contributed by atoms with van der Waals surface area (Å²) < 4.78 is 0. The Balaban J connectivity index is 1.73. The van der Waals surface area contributed by atoms with Crippen LogP contribution in [0, 0.1) is 0 Å². The number of rotatable bonds is 2. The van der Waals surface area contributed by atoms with E-state index >= 15 is 0 Å². The molecule has 2 aliphatic rings. The lowest BCUT2D eigenvalue weighted by Crippen LogP contribution is -2.52. The van der Waals surface area contributed by atoms with Crippen molar-refractivity contribution in [2.75, 3.05) is 26.7 Å². The van der Waals surface area contributed by atoms with E-state index in [1.165, 1.54) is 19.4 Å². The average Bonchev–Trinajstić information content (AvgIpc) is 2.34. The van der Waals surface area contributed by atoms with Crippen molar-refractivity contribution in [1.29, 1.82) is 0 Å². The third-order valence-corrected chi connectivity index (χ3v) is 4.49. The highest BCUT2D eigenvalue weighted by Crippen LogP contribution is 2.18. The van der Waals surface area contributed by atoms with Crippen molar-refractivity contribution in [3.05, 3.63) is 0 Å². The van der Waals surface area contributed by atoms with Crippen LogP contribution in [0.5, 0.6) is 0 Å². The smallest absolute Gasteiger partial charge is 0.314 e. The van der Waals surface area contributed by atoms with Crippen molar-refractivity contribution in [1.82, 2.24) is 15.1 Å². The number of nitrogens with one attached hydrogen (secondary N) is 1. The first-order valence-corrected chi connectivity index (χ1v) is 7.07. The molecule has 0 bridgehead atoms. The first-order valence-electron chi connectivity index (χ1n) is 7.07. The highest BCUT2D eigenvalue weighted by molar-refractivity contribution is 5.72. The molecule has 2 saturated heterocycles. The van der Waals surface area contributed by atoms with Crippen LogP contribution in [0.25, 0.3) is 0 Å². The van der Waals surface area contributed by atoms with E-state index in [0.29, 0.717) is 18.1 Å². The fraction of sp³-hybridized carbons (Fsp3) is 0.923. The number of nitrogens with two attached hydrogens (primary N) is 1. The first kappa shape index (κ1) is 13.6. The highest BCUT2D eigenvalue weighted by Gasteiger charge is 2.27. The maximum atomic E-state index is 11.1. The van der Waals surface area contributed by atoms with Gasteiger partial charge in [-0.3, -0.25) is 0 Å². The largest absolute Gasteiger partial charge is 0.351 e. The molecule has 0 aromatic carbocycles. The standard InChI is InChI=1S/C13H26N4O/c1-10-9-12(3-6-16(10)2)15-11-4-7-17(8-5-11)13(14)18/h10-12,15H,3-9H2,1-2H3,(H2,14,18). The number of nitrogens with zero attached hydrogens (tertiary/aromatic N) is 2. The Bertz CT molecular complexity index is 289. The lowest BCUT2D eigenvalue weighted by Gasteiger charge is -2.39. The van der Waals surface area contributed by atoms with Gasteiger partial charge >= 0.3 is 6.03 Å². The van der Waals surface area contributed by atoms with Crippen molar-refractivity contribution in [3.63, 3.8) is 0 Å². The third kappa shape index (κ3) is 3.36. The van der Waals surface area contributed by atoms with E-state index in [2.05, 4.69) is 24.2 Å². The van der Waals surface area contributed by atoms with Gasteiger partial charge in [-0.1, -0.05) is 0 Å². The van der Waals surface area contributed by atoms with Gasteiger partial charge < -0.3 is 20.9 Å². The number of hydrogen-bond donors (Lipinski definition) is 2. The molecule has 0 aromatic rings. The van der Waals surface area contributed by atoms with Gasteiger partial charge in [0.1, 0.15) is 0 Å². The maximum Gasteiger partial charge on any atom is 0.314 e. The molecule has 18 heavy (non-hydrogen) atoms. The number of primary amides is 1. The molecular weight excluding hydrogens is 228 g/mol. The number of carbonyl (C=O) groups is 1. The van der Waals surface area contributed by atoms with Gasteiger partial charge in [-0.05, 0) is 46.2 Å². The summed E-state index contributed by atoms with van der Waals surface area (Å²) in [6.45, 7) is 5.08. The Kier molecular flexibility index (Phi) is 4.45.